The van der Waals surface area contributed by atoms with E-state index in [0.717, 1.165) is 25.3 Å². The van der Waals surface area contributed by atoms with Gasteiger partial charge in [-0.15, -0.1) is 0 Å². The van der Waals surface area contributed by atoms with Crippen LogP contribution in [0.4, 0.5) is 5.82 Å². The Balaban J connectivity index is 1.81. The second-order valence-electron chi connectivity index (χ2n) is 5.52. The summed E-state index contributed by atoms with van der Waals surface area (Å²) < 4.78 is 2.13. The first-order valence-corrected chi connectivity index (χ1v) is 6.85. The molecule has 1 aliphatic heterocycles. The van der Waals surface area contributed by atoms with Crippen LogP contribution in [0.2, 0.25) is 0 Å². The minimum atomic E-state index is 0.533. The largest absolute Gasteiger partial charge is 0.350 e. The molecular formula is C15H20N4. The van der Waals surface area contributed by atoms with Crippen LogP contribution in [0.25, 0.3) is 0 Å². The molecule has 0 unspecified atom stereocenters. The maximum absolute atomic E-state index is 4.59. The van der Waals surface area contributed by atoms with Gasteiger partial charge in [-0.2, -0.15) is 0 Å². The molecule has 0 atom stereocenters. The first-order valence-electron chi connectivity index (χ1n) is 6.85. The van der Waals surface area contributed by atoms with E-state index in [2.05, 4.69) is 52.5 Å². The molecule has 0 amide bonds. The molecule has 1 aliphatic rings. The monoisotopic (exact) mass is 256 g/mol. The fourth-order valence-electron chi connectivity index (χ4n) is 2.58. The predicted octanol–water partition coefficient (Wildman–Crippen LogP) is 2.50. The van der Waals surface area contributed by atoms with Crippen molar-refractivity contribution >= 4 is 5.82 Å². The fraction of sp³-hybridized carbons (Fsp3) is 0.467. The summed E-state index contributed by atoms with van der Waals surface area (Å²) in [6, 6.07) is 4.31. The number of anilines is 1. The number of nitrogens with zero attached hydrogens (tertiary/aromatic N) is 4. The zero-order chi connectivity index (χ0) is 13.4. The topological polar surface area (TPSA) is 34.0 Å². The maximum atomic E-state index is 4.59. The Bertz CT molecular complexity index is 568. The highest BCUT2D eigenvalue weighted by Crippen LogP contribution is 2.23. The number of aromatic nitrogens is 3. The molecule has 0 saturated carbocycles. The van der Waals surface area contributed by atoms with Gasteiger partial charge in [-0.05, 0) is 17.5 Å². The zero-order valence-corrected chi connectivity index (χ0v) is 11.8. The Kier molecular flexibility index (Phi) is 3.01. The average Bonchev–Trinajstić information content (AvgIpc) is 2.80. The van der Waals surface area contributed by atoms with Crippen molar-refractivity contribution in [1.82, 2.24) is 14.5 Å². The number of pyridine rings is 1. The van der Waals surface area contributed by atoms with Crippen LogP contribution in [-0.2, 0) is 20.0 Å². The van der Waals surface area contributed by atoms with E-state index < -0.39 is 0 Å². The first-order chi connectivity index (χ1) is 9.15. The summed E-state index contributed by atoms with van der Waals surface area (Å²) in [6.07, 6.45) is 4.94. The van der Waals surface area contributed by atoms with E-state index in [0.29, 0.717) is 5.92 Å². The number of rotatable bonds is 2. The predicted molar refractivity (Wildman–Crippen MR) is 76.3 cm³/mol. The summed E-state index contributed by atoms with van der Waals surface area (Å²) in [7, 11) is 2.07. The Morgan fingerprint density at radius 1 is 1.21 bits per heavy atom. The molecule has 3 rings (SSSR count). The maximum Gasteiger partial charge on any atom is 0.128 e. The molecule has 0 N–H and O–H groups in total. The first kappa shape index (κ1) is 12.2. The molecule has 19 heavy (non-hydrogen) atoms. The van der Waals surface area contributed by atoms with Crippen LogP contribution in [0.15, 0.2) is 24.7 Å². The molecule has 0 bridgehead atoms. The number of fused-ring (bicyclic) bond motifs is 1. The van der Waals surface area contributed by atoms with Gasteiger partial charge < -0.3 is 9.47 Å². The minimum Gasteiger partial charge on any atom is -0.350 e. The summed E-state index contributed by atoms with van der Waals surface area (Å²) in [6.45, 7) is 6.26. The second-order valence-corrected chi connectivity index (χ2v) is 5.52. The third-order valence-electron chi connectivity index (χ3n) is 3.87. The van der Waals surface area contributed by atoms with Crippen LogP contribution < -0.4 is 4.90 Å². The third-order valence-corrected chi connectivity index (χ3v) is 3.87. The Morgan fingerprint density at radius 3 is 2.74 bits per heavy atom. The molecule has 0 saturated heterocycles. The molecule has 0 spiro atoms. The number of aryl methyl sites for hydroxylation is 1. The summed E-state index contributed by atoms with van der Waals surface area (Å²) in [5.41, 5.74) is 3.83. The molecule has 0 aliphatic carbocycles. The Hall–Kier alpha value is -1.84. The van der Waals surface area contributed by atoms with Crippen LogP contribution in [0.1, 0.15) is 36.7 Å². The van der Waals surface area contributed by atoms with Crippen molar-refractivity contribution in [3.8, 4) is 0 Å². The lowest BCUT2D eigenvalue weighted by Gasteiger charge is -2.28. The molecule has 4 nitrogen and oxygen atoms in total. The lowest BCUT2D eigenvalue weighted by Crippen LogP contribution is -2.31. The van der Waals surface area contributed by atoms with Crippen molar-refractivity contribution in [3.63, 3.8) is 0 Å². The van der Waals surface area contributed by atoms with Gasteiger partial charge in [-0.1, -0.05) is 19.9 Å². The summed E-state index contributed by atoms with van der Waals surface area (Å²) in [5, 5.41) is 0. The highest BCUT2D eigenvalue weighted by atomic mass is 15.2. The minimum absolute atomic E-state index is 0.533. The molecule has 0 fully saturated rings. The van der Waals surface area contributed by atoms with E-state index in [1.165, 1.54) is 17.0 Å². The van der Waals surface area contributed by atoms with Gasteiger partial charge in [0.15, 0.2) is 0 Å². The Labute approximate surface area is 114 Å². The lowest BCUT2D eigenvalue weighted by atomic mass is 10.1. The standard InChI is InChI=1S/C15H20N4/c1-11(2)12-4-5-15(16-8-12)19-7-6-14-13(9-19)17-10-18(14)3/h4-5,8,10-11H,6-7,9H2,1-3H3. The van der Waals surface area contributed by atoms with E-state index in [9.17, 15) is 0 Å². The van der Waals surface area contributed by atoms with Crippen LogP contribution in [-0.4, -0.2) is 21.1 Å². The third kappa shape index (κ3) is 2.23. The van der Waals surface area contributed by atoms with E-state index in [1.54, 1.807) is 0 Å². The number of imidazole rings is 1. The van der Waals surface area contributed by atoms with Crippen molar-refractivity contribution in [2.75, 3.05) is 11.4 Å². The van der Waals surface area contributed by atoms with Crippen LogP contribution in [0, 0.1) is 0 Å². The van der Waals surface area contributed by atoms with Gasteiger partial charge in [0, 0.05) is 31.9 Å². The molecule has 4 heteroatoms. The molecule has 3 heterocycles. The highest BCUT2D eigenvalue weighted by molar-refractivity contribution is 5.42. The smallest absolute Gasteiger partial charge is 0.128 e. The van der Waals surface area contributed by atoms with Gasteiger partial charge in [0.2, 0.25) is 0 Å². The van der Waals surface area contributed by atoms with E-state index in [1.807, 2.05) is 12.5 Å². The van der Waals surface area contributed by atoms with Crippen LogP contribution in [0.3, 0.4) is 0 Å². The van der Waals surface area contributed by atoms with Crippen molar-refractivity contribution in [3.05, 3.63) is 41.6 Å². The average molecular weight is 256 g/mol. The fourth-order valence-corrected chi connectivity index (χ4v) is 2.58. The van der Waals surface area contributed by atoms with Crippen molar-refractivity contribution in [2.24, 2.45) is 7.05 Å². The SMILES string of the molecule is CC(C)c1ccc(N2CCc3c(ncn3C)C2)nc1. The van der Waals surface area contributed by atoms with E-state index >= 15 is 0 Å². The molecule has 0 aromatic carbocycles. The van der Waals surface area contributed by atoms with Crippen molar-refractivity contribution in [2.45, 2.75) is 32.7 Å². The number of hydrogen-bond donors (Lipinski definition) is 0. The molecule has 0 radical (unpaired) electrons. The van der Waals surface area contributed by atoms with Gasteiger partial charge in [-0.3, -0.25) is 0 Å². The Morgan fingerprint density at radius 2 is 2.05 bits per heavy atom. The van der Waals surface area contributed by atoms with E-state index in [4.69, 9.17) is 0 Å². The van der Waals surface area contributed by atoms with Crippen molar-refractivity contribution < 1.29 is 0 Å². The van der Waals surface area contributed by atoms with Crippen LogP contribution >= 0.6 is 0 Å². The zero-order valence-electron chi connectivity index (χ0n) is 11.8. The normalized spacial score (nSPS) is 14.8. The second kappa shape index (κ2) is 4.68. The molecule has 100 valence electrons. The number of hydrogen-bond acceptors (Lipinski definition) is 3. The molecular weight excluding hydrogens is 236 g/mol. The summed E-state index contributed by atoms with van der Waals surface area (Å²) in [4.78, 5) is 11.4. The van der Waals surface area contributed by atoms with E-state index in [-0.39, 0.29) is 0 Å². The molecule has 2 aromatic heterocycles. The summed E-state index contributed by atoms with van der Waals surface area (Å²) in [5.74, 6) is 1.59. The van der Waals surface area contributed by atoms with Gasteiger partial charge in [0.1, 0.15) is 5.82 Å². The van der Waals surface area contributed by atoms with Crippen LogP contribution in [0.5, 0.6) is 0 Å². The molecule has 2 aromatic rings. The summed E-state index contributed by atoms with van der Waals surface area (Å²) >= 11 is 0. The van der Waals surface area contributed by atoms with Gasteiger partial charge in [0.05, 0.1) is 18.6 Å². The van der Waals surface area contributed by atoms with Gasteiger partial charge >= 0.3 is 0 Å². The highest BCUT2D eigenvalue weighted by Gasteiger charge is 2.20. The van der Waals surface area contributed by atoms with Gasteiger partial charge in [0.25, 0.3) is 0 Å². The van der Waals surface area contributed by atoms with Crippen molar-refractivity contribution in [1.29, 1.82) is 0 Å². The quantitative estimate of drug-likeness (QED) is 0.828. The lowest BCUT2D eigenvalue weighted by molar-refractivity contribution is 0.675. The van der Waals surface area contributed by atoms with Gasteiger partial charge in [-0.25, -0.2) is 9.97 Å².